The molecule has 1 aliphatic rings. The molecule has 0 bridgehead atoms. The van der Waals surface area contributed by atoms with Crippen LogP contribution in [0.5, 0.6) is 0 Å². The molecule has 2 N–H and O–H groups in total. The summed E-state index contributed by atoms with van der Waals surface area (Å²) in [5, 5.41) is 2.77. The highest BCUT2D eigenvalue weighted by Crippen LogP contribution is 2.17. The number of H-pyrrole nitrogens is 1. The van der Waals surface area contributed by atoms with Crippen LogP contribution in [0.15, 0.2) is 10.9 Å². The Morgan fingerprint density at radius 1 is 1.43 bits per heavy atom. The van der Waals surface area contributed by atoms with Crippen molar-refractivity contribution in [3.63, 3.8) is 0 Å². The minimum atomic E-state index is -0.317. The summed E-state index contributed by atoms with van der Waals surface area (Å²) < 4.78 is 0. The average molecular weight is 291 g/mol. The maximum Gasteiger partial charge on any atom is 0.253 e. The highest BCUT2D eigenvalue weighted by molar-refractivity contribution is 5.89. The summed E-state index contributed by atoms with van der Waals surface area (Å²) in [6, 6.07) is 1.88. The zero-order valence-corrected chi connectivity index (χ0v) is 12.7. The van der Waals surface area contributed by atoms with Crippen LogP contribution in [0.1, 0.15) is 30.2 Å². The number of hydrogen-bond donors (Lipinski definition) is 2. The predicted octanol–water partition coefficient (Wildman–Crippen LogP) is 0.476. The van der Waals surface area contributed by atoms with E-state index in [-0.39, 0.29) is 36.3 Å². The smallest absolute Gasteiger partial charge is 0.253 e. The lowest BCUT2D eigenvalue weighted by molar-refractivity contribution is -0.128. The topological polar surface area (TPSA) is 82.3 Å². The van der Waals surface area contributed by atoms with Gasteiger partial charge in [-0.3, -0.25) is 14.4 Å². The Labute approximate surface area is 123 Å². The molecular weight excluding hydrogens is 270 g/mol. The Morgan fingerprint density at radius 3 is 2.71 bits per heavy atom. The van der Waals surface area contributed by atoms with Crippen LogP contribution >= 0.6 is 0 Å². The number of carbonyl (C=O) groups is 2. The van der Waals surface area contributed by atoms with E-state index in [1.54, 1.807) is 4.90 Å². The van der Waals surface area contributed by atoms with Gasteiger partial charge in [0.1, 0.15) is 0 Å². The first kappa shape index (κ1) is 15.3. The van der Waals surface area contributed by atoms with Crippen molar-refractivity contribution >= 4 is 11.8 Å². The van der Waals surface area contributed by atoms with Crippen molar-refractivity contribution in [2.75, 3.05) is 13.1 Å². The number of aryl methyl sites for hydroxylation is 2. The minimum Gasteiger partial charge on any atom is -0.351 e. The van der Waals surface area contributed by atoms with Crippen LogP contribution in [0.2, 0.25) is 0 Å². The van der Waals surface area contributed by atoms with Crippen molar-refractivity contribution < 1.29 is 9.59 Å². The predicted molar refractivity (Wildman–Crippen MR) is 78.7 cm³/mol. The normalized spacial score (nSPS) is 18.1. The summed E-state index contributed by atoms with van der Waals surface area (Å²) in [5.41, 5.74) is 2.04. The summed E-state index contributed by atoms with van der Waals surface area (Å²) >= 11 is 0. The summed E-state index contributed by atoms with van der Waals surface area (Å²) in [4.78, 5) is 40.0. The minimum absolute atomic E-state index is 0.0158. The summed E-state index contributed by atoms with van der Waals surface area (Å²) in [6.45, 7) is 6.84. The van der Waals surface area contributed by atoms with E-state index >= 15 is 0 Å². The lowest BCUT2D eigenvalue weighted by Crippen LogP contribution is -2.34. The molecule has 114 valence electrons. The molecule has 2 amide bonds. The van der Waals surface area contributed by atoms with Gasteiger partial charge in [-0.25, -0.2) is 0 Å². The van der Waals surface area contributed by atoms with Crippen LogP contribution in [0.4, 0.5) is 0 Å². The number of amides is 2. The van der Waals surface area contributed by atoms with E-state index in [0.717, 1.165) is 11.3 Å². The van der Waals surface area contributed by atoms with Gasteiger partial charge in [0.05, 0.1) is 5.92 Å². The van der Waals surface area contributed by atoms with Gasteiger partial charge in [0, 0.05) is 37.3 Å². The molecular formula is C15H21N3O3. The fourth-order valence-corrected chi connectivity index (χ4v) is 2.67. The van der Waals surface area contributed by atoms with Gasteiger partial charge in [0.25, 0.3) is 5.56 Å². The molecule has 1 atom stereocenters. The second kappa shape index (κ2) is 6.11. The first-order valence-electron chi connectivity index (χ1n) is 7.17. The standard InChI is InChI=1S/C15H21N3O3/c1-4-18-8-11(6-13(18)19)14(20)16-7-12-9(2)5-10(3)17-15(12)21/h5,11H,4,6-8H2,1-3H3,(H,16,20)(H,17,21)/t11-/m0/s1. The zero-order valence-electron chi connectivity index (χ0n) is 12.7. The van der Waals surface area contributed by atoms with Gasteiger partial charge in [-0.2, -0.15) is 0 Å². The molecule has 0 aliphatic carbocycles. The summed E-state index contributed by atoms with van der Waals surface area (Å²) in [7, 11) is 0. The molecule has 0 aromatic carbocycles. The fourth-order valence-electron chi connectivity index (χ4n) is 2.67. The van der Waals surface area contributed by atoms with E-state index in [1.807, 2.05) is 26.8 Å². The molecule has 1 saturated heterocycles. The van der Waals surface area contributed by atoms with Gasteiger partial charge in [-0.15, -0.1) is 0 Å². The van der Waals surface area contributed by atoms with Gasteiger partial charge >= 0.3 is 0 Å². The molecule has 2 heterocycles. The molecule has 2 rings (SSSR count). The second-order valence-electron chi connectivity index (χ2n) is 5.49. The number of nitrogens with one attached hydrogen (secondary N) is 2. The van der Waals surface area contributed by atoms with Crippen molar-refractivity contribution in [3.05, 3.63) is 33.2 Å². The van der Waals surface area contributed by atoms with Gasteiger partial charge < -0.3 is 15.2 Å². The molecule has 0 unspecified atom stereocenters. The highest BCUT2D eigenvalue weighted by Gasteiger charge is 2.33. The largest absolute Gasteiger partial charge is 0.351 e. The number of carbonyl (C=O) groups excluding carboxylic acids is 2. The van der Waals surface area contributed by atoms with Gasteiger partial charge in [0.15, 0.2) is 0 Å². The molecule has 6 heteroatoms. The first-order valence-corrected chi connectivity index (χ1v) is 7.17. The third kappa shape index (κ3) is 3.32. The van der Waals surface area contributed by atoms with E-state index in [0.29, 0.717) is 18.7 Å². The maximum absolute atomic E-state index is 12.1. The van der Waals surface area contributed by atoms with Crippen molar-refractivity contribution in [1.29, 1.82) is 0 Å². The van der Waals surface area contributed by atoms with E-state index in [4.69, 9.17) is 0 Å². The lowest BCUT2D eigenvalue weighted by Gasteiger charge is -2.14. The van der Waals surface area contributed by atoms with Crippen molar-refractivity contribution in [2.24, 2.45) is 5.92 Å². The van der Waals surface area contributed by atoms with Crippen LogP contribution in [0, 0.1) is 19.8 Å². The molecule has 6 nitrogen and oxygen atoms in total. The maximum atomic E-state index is 12.1. The highest BCUT2D eigenvalue weighted by atomic mass is 16.2. The Balaban J connectivity index is 2.00. The monoisotopic (exact) mass is 291 g/mol. The average Bonchev–Trinajstić information content (AvgIpc) is 2.78. The number of aromatic amines is 1. The van der Waals surface area contributed by atoms with Crippen LogP contribution in [0.25, 0.3) is 0 Å². The Hall–Kier alpha value is -2.11. The number of aromatic nitrogens is 1. The molecule has 1 aromatic heterocycles. The molecule has 0 saturated carbocycles. The molecule has 0 radical (unpaired) electrons. The van der Waals surface area contributed by atoms with Gasteiger partial charge in [-0.1, -0.05) is 0 Å². The Bertz CT molecular complexity index is 621. The number of likely N-dealkylation sites (tertiary alicyclic amines) is 1. The zero-order chi connectivity index (χ0) is 15.6. The third-order valence-corrected chi connectivity index (χ3v) is 3.90. The van der Waals surface area contributed by atoms with Gasteiger partial charge in [0.2, 0.25) is 11.8 Å². The molecule has 1 aliphatic heterocycles. The summed E-state index contributed by atoms with van der Waals surface area (Å²) in [5.74, 6) is -0.469. The Morgan fingerprint density at radius 2 is 2.14 bits per heavy atom. The first-order chi connectivity index (χ1) is 9.92. The van der Waals surface area contributed by atoms with E-state index in [2.05, 4.69) is 10.3 Å². The third-order valence-electron chi connectivity index (χ3n) is 3.90. The summed E-state index contributed by atoms with van der Waals surface area (Å²) in [6.07, 6.45) is 0.253. The van der Waals surface area contributed by atoms with E-state index in [1.165, 1.54) is 0 Å². The van der Waals surface area contributed by atoms with Crippen LogP contribution in [-0.2, 0) is 16.1 Å². The van der Waals surface area contributed by atoms with Crippen LogP contribution in [0.3, 0.4) is 0 Å². The Kier molecular flexibility index (Phi) is 4.45. The van der Waals surface area contributed by atoms with E-state index < -0.39 is 0 Å². The quantitative estimate of drug-likeness (QED) is 0.846. The van der Waals surface area contributed by atoms with Crippen LogP contribution < -0.4 is 10.9 Å². The number of nitrogens with zero attached hydrogens (tertiary/aromatic N) is 1. The molecule has 0 spiro atoms. The second-order valence-corrected chi connectivity index (χ2v) is 5.49. The SMILES string of the molecule is CCN1C[C@@H](C(=O)NCc2c(C)cc(C)[nH]c2=O)CC1=O. The molecule has 1 aromatic rings. The fraction of sp³-hybridized carbons (Fsp3) is 0.533. The van der Waals surface area contributed by atoms with Crippen LogP contribution in [-0.4, -0.2) is 34.8 Å². The number of rotatable bonds is 4. The van der Waals surface area contributed by atoms with Crippen molar-refractivity contribution in [2.45, 2.75) is 33.7 Å². The van der Waals surface area contributed by atoms with E-state index in [9.17, 15) is 14.4 Å². The van der Waals surface area contributed by atoms with Gasteiger partial charge in [-0.05, 0) is 32.4 Å². The lowest BCUT2D eigenvalue weighted by atomic mass is 10.1. The number of hydrogen-bond acceptors (Lipinski definition) is 3. The van der Waals surface area contributed by atoms with Crippen molar-refractivity contribution in [1.82, 2.24) is 15.2 Å². The number of pyridine rings is 1. The molecule has 21 heavy (non-hydrogen) atoms. The molecule has 1 fully saturated rings. The van der Waals surface area contributed by atoms with Crippen molar-refractivity contribution in [3.8, 4) is 0 Å².